The largest absolute Gasteiger partial charge is 0.497 e. The van der Waals surface area contributed by atoms with Crippen molar-refractivity contribution in [2.45, 2.75) is 18.4 Å². The molecule has 0 spiro atoms. The molecule has 1 aliphatic heterocycles. The van der Waals surface area contributed by atoms with Gasteiger partial charge >= 0.3 is 6.03 Å². The van der Waals surface area contributed by atoms with E-state index in [-0.39, 0.29) is 17.3 Å². The summed E-state index contributed by atoms with van der Waals surface area (Å²) in [6.07, 6.45) is 1.46. The summed E-state index contributed by atoms with van der Waals surface area (Å²) in [5.41, 5.74) is 2.23. The molecule has 2 heterocycles. The van der Waals surface area contributed by atoms with Crippen molar-refractivity contribution in [3.05, 3.63) is 78.0 Å². The van der Waals surface area contributed by atoms with Crippen LogP contribution in [0.1, 0.15) is 11.1 Å². The molecule has 0 aliphatic carbocycles. The number of hydrogen-bond acceptors (Lipinski definition) is 5. The molecular formula is C21H19N3O4S. The number of aromatic nitrogens is 1. The molecule has 148 valence electrons. The van der Waals surface area contributed by atoms with E-state index in [1.54, 1.807) is 30.3 Å². The summed E-state index contributed by atoms with van der Waals surface area (Å²) >= 11 is 0. The van der Waals surface area contributed by atoms with Crippen LogP contribution in [-0.2, 0) is 16.6 Å². The van der Waals surface area contributed by atoms with E-state index >= 15 is 0 Å². The standard InChI is InChI=1S/C21H19N3O4S/c1-15-8-10-16(11-9-15)14-23-21(25)24(17-5-3-6-18(13-17)28-2)20-19(29(23,26)27)7-4-12-22-20/h3-13H,14H2,1-2H3. The fourth-order valence-corrected chi connectivity index (χ4v) is 4.64. The van der Waals surface area contributed by atoms with Crippen molar-refractivity contribution in [3.8, 4) is 5.75 Å². The molecular weight excluding hydrogens is 390 g/mol. The first-order valence-electron chi connectivity index (χ1n) is 8.93. The molecule has 2 amide bonds. The fraction of sp³-hybridized carbons (Fsp3) is 0.143. The number of carbonyl (C=O) groups is 1. The predicted molar refractivity (Wildman–Crippen MR) is 109 cm³/mol. The molecule has 29 heavy (non-hydrogen) atoms. The Balaban J connectivity index is 1.85. The highest BCUT2D eigenvalue weighted by Gasteiger charge is 2.43. The van der Waals surface area contributed by atoms with Crippen LogP contribution in [0.3, 0.4) is 0 Å². The molecule has 0 N–H and O–H groups in total. The topological polar surface area (TPSA) is 79.8 Å². The third-order valence-corrected chi connectivity index (χ3v) is 6.43. The normalized spacial score (nSPS) is 15.2. The van der Waals surface area contributed by atoms with Gasteiger partial charge in [0.1, 0.15) is 10.6 Å². The zero-order chi connectivity index (χ0) is 20.6. The molecule has 1 aliphatic rings. The van der Waals surface area contributed by atoms with Crippen molar-refractivity contribution in [1.82, 2.24) is 9.29 Å². The van der Waals surface area contributed by atoms with Crippen LogP contribution < -0.4 is 9.64 Å². The summed E-state index contributed by atoms with van der Waals surface area (Å²) in [4.78, 5) is 18.8. The lowest BCUT2D eigenvalue weighted by molar-refractivity contribution is 0.229. The second kappa shape index (κ2) is 7.21. The fourth-order valence-electron chi connectivity index (χ4n) is 3.17. The van der Waals surface area contributed by atoms with E-state index in [1.807, 2.05) is 31.2 Å². The maximum absolute atomic E-state index is 13.4. The third kappa shape index (κ3) is 3.31. The van der Waals surface area contributed by atoms with E-state index in [1.165, 1.54) is 24.3 Å². The summed E-state index contributed by atoms with van der Waals surface area (Å²) in [6, 6.07) is 16.6. The molecule has 0 fully saturated rings. The number of amides is 2. The number of carbonyl (C=O) groups excluding carboxylic acids is 1. The van der Waals surface area contributed by atoms with Crippen LogP contribution in [0.5, 0.6) is 5.75 Å². The van der Waals surface area contributed by atoms with Crippen LogP contribution in [0.25, 0.3) is 0 Å². The van der Waals surface area contributed by atoms with Gasteiger partial charge in [-0.05, 0) is 36.8 Å². The van der Waals surface area contributed by atoms with Crippen LogP contribution in [-0.4, -0.2) is 30.8 Å². The van der Waals surface area contributed by atoms with E-state index in [2.05, 4.69) is 4.98 Å². The SMILES string of the molecule is COc1cccc(N2C(=O)N(Cc3ccc(C)cc3)S(=O)(=O)c3cccnc32)c1. The van der Waals surface area contributed by atoms with E-state index < -0.39 is 16.1 Å². The number of fused-ring (bicyclic) bond motifs is 1. The molecule has 0 radical (unpaired) electrons. The average Bonchev–Trinajstić information content (AvgIpc) is 2.73. The Morgan fingerprint density at radius 1 is 1.03 bits per heavy atom. The highest BCUT2D eigenvalue weighted by molar-refractivity contribution is 7.90. The van der Waals surface area contributed by atoms with E-state index in [9.17, 15) is 13.2 Å². The van der Waals surface area contributed by atoms with Crippen LogP contribution in [0.4, 0.5) is 16.3 Å². The molecule has 0 atom stereocenters. The number of anilines is 2. The molecule has 0 unspecified atom stereocenters. The lowest BCUT2D eigenvalue weighted by Crippen LogP contribution is -2.48. The van der Waals surface area contributed by atoms with Crippen LogP contribution >= 0.6 is 0 Å². The number of nitrogens with zero attached hydrogens (tertiary/aromatic N) is 3. The van der Waals surface area contributed by atoms with Crippen molar-refractivity contribution in [2.24, 2.45) is 0 Å². The number of hydrogen-bond donors (Lipinski definition) is 0. The maximum Gasteiger partial charge on any atom is 0.344 e. The highest BCUT2D eigenvalue weighted by Crippen LogP contribution is 2.38. The van der Waals surface area contributed by atoms with Crippen molar-refractivity contribution in [3.63, 3.8) is 0 Å². The Morgan fingerprint density at radius 2 is 1.79 bits per heavy atom. The molecule has 4 rings (SSSR count). The average molecular weight is 409 g/mol. The summed E-state index contributed by atoms with van der Waals surface area (Å²) in [7, 11) is -2.52. The van der Waals surface area contributed by atoms with Crippen LogP contribution in [0, 0.1) is 6.92 Å². The Hall–Kier alpha value is -3.39. The van der Waals surface area contributed by atoms with E-state index in [0.717, 1.165) is 9.87 Å². The van der Waals surface area contributed by atoms with Crippen LogP contribution in [0.15, 0.2) is 71.8 Å². The van der Waals surface area contributed by atoms with Gasteiger partial charge in [-0.2, -0.15) is 0 Å². The maximum atomic E-state index is 13.4. The van der Waals surface area contributed by atoms with Gasteiger partial charge in [-0.25, -0.2) is 27.4 Å². The number of pyridine rings is 1. The Kier molecular flexibility index (Phi) is 4.71. The minimum Gasteiger partial charge on any atom is -0.497 e. The second-order valence-corrected chi connectivity index (χ2v) is 8.47. The smallest absolute Gasteiger partial charge is 0.344 e. The first-order valence-corrected chi connectivity index (χ1v) is 10.4. The highest BCUT2D eigenvalue weighted by atomic mass is 32.2. The first kappa shape index (κ1) is 18.9. The summed E-state index contributed by atoms with van der Waals surface area (Å²) in [6.45, 7) is 1.87. The van der Waals surface area contributed by atoms with Crippen LogP contribution in [0.2, 0.25) is 0 Å². The molecule has 0 saturated heterocycles. The van der Waals surface area contributed by atoms with Gasteiger partial charge < -0.3 is 4.74 Å². The number of sulfonamides is 1. The molecule has 0 saturated carbocycles. The van der Waals surface area contributed by atoms with Gasteiger partial charge in [0.15, 0.2) is 5.82 Å². The minimum atomic E-state index is -4.05. The van der Waals surface area contributed by atoms with Gasteiger partial charge in [-0.1, -0.05) is 35.9 Å². The Morgan fingerprint density at radius 3 is 2.52 bits per heavy atom. The van der Waals surface area contributed by atoms with Crippen molar-refractivity contribution < 1.29 is 17.9 Å². The molecule has 0 bridgehead atoms. The van der Waals surface area contributed by atoms with Crippen molar-refractivity contribution >= 4 is 27.6 Å². The van der Waals surface area contributed by atoms with Gasteiger partial charge in [0.05, 0.1) is 19.3 Å². The molecule has 8 heteroatoms. The number of methoxy groups -OCH3 is 1. The summed E-state index contributed by atoms with van der Waals surface area (Å²) in [5.74, 6) is 0.622. The monoisotopic (exact) mass is 409 g/mol. The Labute approximate surface area is 169 Å². The van der Waals surface area contributed by atoms with Gasteiger partial charge in [-0.15, -0.1) is 0 Å². The molecule has 7 nitrogen and oxygen atoms in total. The number of aryl methyl sites for hydroxylation is 1. The number of benzene rings is 2. The lowest BCUT2D eigenvalue weighted by Gasteiger charge is -2.35. The number of rotatable bonds is 4. The minimum absolute atomic E-state index is 0.0190. The van der Waals surface area contributed by atoms with Gasteiger partial charge in [-0.3, -0.25) is 0 Å². The Bertz CT molecular complexity index is 1180. The molecule has 1 aromatic heterocycles. The predicted octanol–water partition coefficient (Wildman–Crippen LogP) is 3.86. The van der Waals surface area contributed by atoms with Gasteiger partial charge in [0, 0.05) is 12.3 Å². The summed E-state index contributed by atoms with van der Waals surface area (Å²) < 4.78 is 32.5. The lowest BCUT2D eigenvalue weighted by atomic mass is 10.1. The quantitative estimate of drug-likeness (QED) is 0.654. The number of urea groups is 1. The van der Waals surface area contributed by atoms with Crippen molar-refractivity contribution in [1.29, 1.82) is 0 Å². The van der Waals surface area contributed by atoms with E-state index in [0.29, 0.717) is 17.0 Å². The second-order valence-electron chi connectivity index (χ2n) is 6.64. The summed E-state index contributed by atoms with van der Waals surface area (Å²) in [5, 5.41) is 0. The first-order chi connectivity index (χ1) is 13.9. The van der Waals surface area contributed by atoms with Gasteiger partial charge in [0.25, 0.3) is 10.0 Å². The zero-order valence-corrected chi connectivity index (χ0v) is 16.8. The zero-order valence-electron chi connectivity index (χ0n) is 15.9. The van der Waals surface area contributed by atoms with E-state index in [4.69, 9.17) is 4.74 Å². The van der Waals surface area contributed by atoms with Gasteiger partial charge in [0.2, 0.25) is 0 Å². The van der Waals surface area contributed by atoms with Crippen molar-refractivity contribution in [2.75, 3.05) is 12.0 Å². The molecule has 2 aromatic carbocycles. The third-order valence-electron chi connectivity index (χ3n) is 4.69. The number of ether oxygens (including phenoxy) is 1. The molecule has 3 aromatic rings.